The number of aryl methyl sites for hydroxylation is 1. The first-order valence-corrected chi connectivity index (χ1v) is 9.61. The Morgan fingerprint density at radius 2 is 2.07 bits per heavy atom. The normalized spacial score (nSPS) is 11.0. The molecule has 148 valence electrons. The van der Waals surface area contributed by atoms with Crippen molar-refractivity contribution in [1.82, 2.24) is 24.6 Å². The molecule has 1 amide bonds. The number of carbonyl (C=O) groups is 1. The Hall–Kier alpha value is -4.18. The van der Waals surface area contributed by atoms with Crippen LogP contribution in [0, 0.1) is 11.3 Å². The molecule has 4 aromatic rings. The summed E-state index contributed by atoms with van der Waals surface area (Å²) in [5.74, 6) is 0.492. The first-order chi connectivity index (χ1) is 14.8. The summed E-state index contributed by atoms with van der Waals surface area (Å²) in [4.78, 5) is 16.8. The van der Waals surface area contributed by atoms with Crippen molar-refractivity contribution in [3.05, 3.63) is 84.5 Å². The standard InChI is InChI=1S/C23H20N6O/c24-11-4-14-28-17-19(20-7-1-2-8-21(20)28)9-10-22(30)26-16-18-6-3-12-25-23(18)29-15-5-13-27-29/h1-3,5-10,12-13,15,17H,4,14,16H2,(H,26,30)/b10-9+. The Kier molecular flexibility index (Phi) is 5.67. The van der Waals surface area contributed by atoms with E-state index in [2.05, 4.69) is 21.5 Å². The molecule has 0 atom stereocenters. The number of aromatic nitrogens is 4. The van der Waals surface area contributed by atoms with Crippen molar-refractivity contribution in [2.75, 3.05) is 0 Å². The summed E-state index contributed by atoms with van der Waals surface area (Å²) in [5, 5.41) is 17.0. The lowest BCUT2D eigenvalue weighted by Crippen LogP contribution is -2.21. The van der Waals surface area contributed by atoms with Gasteiger partial charge in [0.05, 0.1) is 12.5 Å². The molecule has 0 fully saturated rings. The van der Waals surface area contributed by atoms with Gasteiger partial charge < -0.3 is 9.88 Å². The Balaban J connectivity index is 1.47. The van der Waals surface area contributed by atoms with Gasteiger partial charge in [0.15, 0.2) is 5.82 Å². The first kappa shape index (κ1) is 19.2. The van der Waals surface area contributed by atoms with E-state index in [0.29, 0.717) is 25.3 Å². The average molecular weight is 396 g/mol. The van der Waals surface area contributed by atoms with Crippen molar-refractivity contribution in [2.24, 2.45) is 0 Å². The molecule has 0 spiro atoms. The highest BCUT2D eigenvalue weighted by atomic mass is 16.1. The molecule has 30 heavy (non-hydrogen) atoms. The van der Waals surface area contributed by atoms with Crippen LogP contribution in [0.5, 0.6) is 0 Å². The minimum absolute atomic E-state index is 0.195. The number of carbonyl (C=O) groups excluding carboxylic acids is 1. The van der Waals surface area contributed by atoms with Gasteiger partial charge in [0.1, 0.15) is 0 Å². The van der Waals surface area contributed by atoms with E-state index in [0.717, 1.165) is 22.0 Å². The van der Waals surface area contributed by atoms with Crippen LogP contribution in [-0.4, -0.2) is 25.2 Å². The third kappa shape index (κ3) is 4.13. The second kappa shape index (κ2) is 8.88. The van der Waals surface area contributed by atoms with Crippen LogP contribution >= 0.6 is 0 Å². The molecule has 0 saturated carbocycles. The second-order valence-electron chi connectivity index (χ2n) is 6.69. The number of hydrogen-bond donors (Lipinski definition) is 1. The highest BCUT2D eigenvalue weighted by molar-refractivity contribution is 5.96. The lowest BCUT2D eigenvalue weighted by atomic mass is 10.1. The molecule has 1 N–H and O–H groups in total. The fourth-order valence-corrected chi connectivity index (χ4v) is 3.34. The lowest BCUT2D eigenvalue weighted by Gasteiger charge is -2.08. The van der Waals surface area contributed by atoms with Crippen LogP contribution < -0.4 is 5.32 Å². The molecule has 7 nitrogen and oxygen atoms in total. The molecule has 3 heterocycles. The molecule has 0 radical (unpaired) electrons. The maximum Gasteiger partial charge on any atom is 0.244 e. The van der Waals surface area contributed by atoms with Gasteiger partial charge in [-0.1, -0.05) is 24.3 Å². The van der Waals surface area contributed by atoms with Crippen LogP contribution in [0.25, 0.3) is 22.8 Å². The number of amides is 1. The number of pyridine rings is 1. The van der Waals surface area contributed by atoms with Gasteiger partial charge in [0, 0.05) is 66.0 Å². The minimum Gasteiger partial charge on any atom is -0.348 e. The van der Waals surface area contributed by atoms with Crippen LogP contribution in [0.1, 0.15) is 17.5 Å². The molecule has 0 unspecified atom stereocenters. The van der Waals surface area contributed by atoms with Gasteiger partial charge in [-0.3, -0.25) is 4.79 Å². The van der Waals surface area contributed by atoms with Crippen molar-refractivity contribution >= 4 is 22.9 Å². The van der Waals surface area contributed by atoms with E-state index in [1.165, 1.54) is 6.08 Å². The molecule has 0 aliphatic rings. The van der Waals surface area contributed by atoms with Gasteiger partial charge in [0.2, 0.25) is 5.91 Å². The average Bonchev–Trinajstić information content (AvgIpc) is 3.43. The van der Waals surface area contributed by atoms with Crippen molar-refractivity contribution in [3.8, 4) is 11.9 Å². The predicted octanol–water partition coefficient (Wildman–Crippen LogP) is 3.47. The maximum absolute atomic E-state index is 12.4. The summed E-state index contributed by atoms with van der Waals surface area (Å²) in [6.45, 7) is 0.963. The molecule has 0 saturated heterocycles. The third-order valence-corrected chi connectivity index (χ3v) is 4.74. The van der Waals surface area contributed by atoms with Gasteiger partial charge in [-0.15, -0.1) is 0 Å². The van der Waals surface area contributed by atoms with Crippen LogP contribution in [0.2, 0.25) is 0 Å². The van der Waals surface area contributed by atoms with Gasteiger partial charge >= 0.3 is 0 Å². The van der Waals surface area contributed by atoms with Crippen molar-refractivity contribution < 1.29 is 4.79 Å². The van der Waals surface area contributed by atoms with Crippen LogP contribution in [0.15, 0.2) is 73.3 Å². The minimum atomic E-state index is -0.195. The zero-order chi connectivity index (χ0) is 20.8. The fourth-order valence-electron chi connectivity index (χ4n) is 3.34. The summed E-state index contributed by atoms with van der Waals surface area (Å²) in [7, 11) is 0. The smallest absolute Gasteiger partial charge is 0.244 e. The number of fused-ring (bicyclic) bond motifs is 1. The Labute approximate surface area is 173 Å². The lowest BCUT2D eigenvalue weighted by molar-refractivity contribution is -0.116. The number of nitriles is 1. The molecule has 1 aromatic carbocycles. The molecule has 0 bridgehead atoms. The summed E-state index contributed by atoms with van der Waals surface area (Å²) >= 11 is 0. The number of nitrogens with one attached hydrogen (secondary N) is 1. The summed E-state index contributed by atoms with van der Waals surface area (Å²) in [6.07, 6.45) is 10.9. The van der Waals surface area contributed by atoms with Gasteiger partial charge in [-0.05, 0) is 24.3 Å². The van der Waals surface area contributed by atoms with Crippen LogP contribution in [0.3, 0.4) is 0 Å². The number of rotatable bonds is 7. The van der Waals surface area contributed by atoms with Gasteiger partial charge in [-0.25, -0.2) is 9.67 Å². The van der Waals surface area contributed by atoms with Crippen molar-refractivity contribution in [3.63, 3.8) is 0 Å². The fraction of sp³-hybridized carbons (Fsp3) is 0.130. The highest BCUT2D eigenvalue weighted by Crippen LogP contribution is 2.22. The number of nitrogens with zero attached hydrogens (tertiary/aromatic N) is 5. The van der Waals surface area contributed by atoms with E-state index in [9.17, 15) is 4.79 Å². The molecule has 7 heteroatoms. The topological polar surface area (TPSA) is 88.5 Å². The summed E-state index contributed by atoms with van der Waals surface area (Å²) in [6, 6.07) is 15.7. The largest absolute Gasteiger partial charge is 0.348 e. The second-order valence-corrected chi connectivity index (χ2v) is 6.69. The first-order valence-electron chi connectivity index (χ1n) is 9.61. The van der Waals surface area contributed by atoms with E-state index >= 15 is 0 Å². The molecule has 4 rings (SSSR count). The monoisotopic (exact) mass is 396 g/mol. The Bertz CT molecular complexity index is 1230. The maximum atomic E-state index is 12.4. The zero-order valence-corrected chi connectivity index (χ0v) is 16.3. The van der Waals surface area contributed by atoms with E-state index in [1.807, 2.05) is 59.4 Å². The number of hydrogen-bond acceptors (Lipinski definition) is 4. The molecule has 0 aliphatic heterocycles. The summed E-state index contributed by atoms with van der Waals surface area (Å²) in [5.41, 5.74) is 2.86. The quantitative estimate of drug-likeness (QED) is 0.485. The van der Waals surface area contributed by atoms with Crippen LogP contribution in [-0.2, 0) is 17.9 Å². The van der Waals surface area contributed by atoms with E-state index in [1.54, 1.807) is 23.2 Å². The van der Waals surface area contributed by atoms with Gasteiger partial charge in [-0.2, -0.15) is 10.4 Å². The van der Waals surface area contributed by atoms with Crippen molar-refractivity contribution in [2.45, 2.75) is 19.5 Å². The SMILES string of the molecule is N#CCCn1cc(/C=C/C(=O)NCc2cccnc2-n2cccn2)c2ccccc21. The van der Waals surface area contributed by atoms with Gasteiger partial charge in [0.25, 0.3) is 0 Å². The van der Waals surface area contributed by atoms with E-state index < -0.39 is 0 Å². The molecular weight excluding hydrogens is 376 g/mol. The Morgan fingerprint density at radius 1 is 1.17 bits per heavy atom. The zero-order valence-electron chi connectivity index (χ0n) is 16.3. The molecule has 3 aromatic heterocycles. The molecular formula is C23H20N6O. The summed E-state index contributed by atoms with van der Waals surface area (Å²) < 4.78 is 3.72. The van der Waals surface area contributed by atoms with E-state index in [-0.39, 0.29) is 5.91 Å². The van der Waals surface area contributed by atoms with E-state index in [4.69, 9.17) is 5.26 Å². The highest BCUT2D eigenvalue weighted by Gasteiger charge is 2.08. The van der Waals surface area contributed by atoms with Crippen LogP contribution in [0.4, 0.5) is 0 Å². The number of benzene rings is 1. The van der Waals surface area contributed by atoms with Crippen molar-refractivity contribution in [1.29, 1.82) is 5.26 Å². The third-order valence-electron chi connectivity index (χ3n) is 4.74. The Morgan fingerprint density at radius 3 is 2.90 bits per heavy atom. The predicted molar refractivity (Wildman–Crippen MR) is 114 cm³/mol. The number of para-hydroxylation sites is 1. The molecule has 0 aliphatic carbocycles.